The molecule has 2 aromatic rings. The molecule has 9 heteroatoms. The SMILES string of the molecule is NC1CC(N2CC3=C(CN(c4ccc(C(F)(F)F)cc4)C3)C2)CO[C@@H]1c1cc(F)ccc1F. The fourth-order valence-corrected chi connectivity index (χ4v) is 5.06. The number of alkyl halides is 3. The van der Waals surface area contributed by atoms with E-state index in [0.29, 0.717) is 26.1 Å². The Hall–Kier alpha value is -2.49. The maximum Gasteiger partial charge on any atom is 0.416 e. The summed E-state index contributed by atoms with van der Waals surface area (Å²) in [6.07, 6.45) is -4.43. The lowest BCUT2D eigenvalue weighted by atomic mass is 9.93. The lowest BCUT2D eigenvalue weighted by Gasteiger charge is -2.39. The number of halogens is 5. The summed E-state index contributed by atoms with van der Waals surface area (Å²) in [6, 6.07) is 8.17. The van der Waals surface area contributed by atoms with Gasteiger partial charge in [0.05, 0.1) is 12.2 Å². The maximum atomic E-state index is 14.2. The Labute approximate surface area is 188 Å². The van der Waals surface area contributed by atoms with Crippen molar-refractivity contribution in [2.45, 2.75) is 30.8 Å². The molecule has 176 valence electrons. The summed E-state index contributed by atoms with van der Waals surface area (Å²) in [4.78, 5) is 4.36. The number of hydrogen-bond acceptors (Lipinski definition) is 4. The molecule has 0 aliphatic carbocycles. The number of rotatable bonds is 3. The maximum absolute atomic E-state index is 14.2. The Balaban J connectivity index is 1.18. The van der Waals surface area contributed by atoms with Crippen molar-refractivity contribution < 1.29 is 26.7 Å². The van der Waals surface area contributed by atoms with E-state index in [9.17, 15) is 22.0 Å². The molecule has 0 aromatic heterocycles. The van der Waals surface area contributed by atoms with Gasteiger partial charge in [-0.2, -0.15) is 13.2 Å². The highest BCUT2D eigenvalue weighted by Gasteiger charge is 2.39. The highest BCUT2D eigenvalue weighted by atomic mass is 19.4. The molecule has 5 rings (SSSR count). The molecule has 2 N–H and O–H groups in total. The van der Waals surface area contributed by atoms with Crippen molar-refractivity contribution in [3.05, 3.63) is 76.4 Å². The first-order chi connectivity index (χ1) is 15.7. The van der Waals surface area contributed by atoms with E-state index in [2.05, 4.69) is 9.80 Å². The van der Waals surface area contributed by atoms with Gasteiger partial charge >= 0.3 is 6.18 Å². The molecule has 3 aliphatic rings. The van der Waals surface area contributed by atoms with Crippen LogP contribution in [-0.2, 0) is 10.9 Å². The van der Waals surface area contributed by atoms with Crippen LogP contribution in [0.5, 0.6) is 0 Å². The molecule has 3 heterocycles. The highest BCUT2D eigenvalue weighted by Crippen LogP contribution is 2.36. The minimum Gasteiger partial charge on any atom is -0.370 e. The quantitative estimate of drug-likeness (QED) is 0.543. The van der Waals surface area contributed by atoms with Crippen molar-refractivity contribution in [3.8, 4) is 0 Å². The minimum absolute atomic E-state index is 0.0676. The van der Waals surface area contributed by atoms with E-state index >= 15 is 0 Å². The van der Waals surface area contributed by atoms with Gasteiger partial charge in [-0.05, 0) is 60.0 Å². The van der Waals surface area contributed by atoms with Crippen LogP contribution in [0.3, 0.4) is 0 Å². The van der Waals surface area contributed by atoms with Gasteiger partial charge in [0.1, 0.15) is 17.7 Å². The average molecular weight is 465 g/mol. The minimum atomic E-state index is -4.34. The van der Waals surface area contributed by atoms with Gasteiger partial charge in [0, 0.05) is 49.5 Å². The predicted molar refractivity (Wildman–Crippen MR) is 114 cm³/mol. The van der Waals surface area contributed by atoms with Crippen LogP contribution in [-0.4, -0.2) is 49.8 Å². The normalized spacial score (nSPS) is 26.2. The van der Waals surface area contributed by atoms with Crippen molar-refractivity contribution in [1.82, 2.24) is 4.90 Å². The van der Waals surface area contributed by atoms with Crippen LogP contribution in [0.4, 0.5) is 27.6 Å². The van der Waals surface area contributed by atoms with E-state index in [4.69, 9.17) is 10.5 Å². The lowest BCUT2D eigenvalue weighted by Crippen LogP contribution is -2.49. The summed E-state index contributed by atoms with van der Waals surface area (Å²) in [7, 11) is 0. The van der Waals surface area contributed by atoms with Crippen LogP contribution in [0.15, 0.2) is 53.6 Å². The van der Waals surface area contributed by atoms with E-state index in [1.807, 2.05) is 0 Å². The van der Waals surface area contributed by atoms with Gasteiger partial charge in [0.2, 0.25) is 0 Å². The van der Waals surface area contributed by atoms with Gasteiger partial charge in [0.25, 0.3) is 0 Å². The van der Waals surface area contributed by atoms with Gasteiger partial charge in [-0.15, -0.1) is 0 Å². The summed E-state index contributed by atoms with van der Waals surface area (Å²) in [5.74, 6) is -1.05. The lowest BCUT2D eigenvalue weighted by molar-refractivity contribution is -0.137. The second-order valence-corrected chi connectivity index (χ2v) is 8.99. The molecule has 4 nitrogen and oxygen atoms in total. The van der Waals surface area contributed by atoms with Crippen molar-refractivity contribution >= 4 is 5.69 Å². The van der Waals surface area contributed by atoms with Gasteiger partial charge < -0.3 is 15.4 Å². The van der Waals surface area contributed by atoms with E-state index in [1.54, 1.807) is 0 Å². The molecule has 1 fully saturated rings. The molecule has 2 aromatic carbocycles. The zero-order chi connectivity index (χ0) is 23.3. The number of benzene rings is 2. The number of nitrogens with two attached hydrogens (primary N) is 1. The van der Waals surface area contributed by atoms with Crippen LogP contribution in [0.25, 0.3) is 0 Å². The summed E-state index contributed by atoms with van der Waals surface area (Å²) in [6.45, 7) is 3.21. The van der Waals surface area contributed by atoms with Gasteiger partial charge in [0.15, 0.2) is 0 Å². The molecule has 0 amide bonds. The second kappa shape index (κ2) is 8.38. The fourth-order valence-electron chi connectivity index (χ4n) is 5.06. The third-order valence-electron chi connectivity index (χ3n) is 6.79. The van der Waals surface area contributed by atoms with Crippen molar-refractivity contribution in [1.29, 1.82) is 0 Å². The third-order valence-corrected chi connectivity index (χ3v) is 6.79. The molecule has 0 spiro atoms. The first kappa shape index (κ1) is 22.3. The molecular weight excluding hydrogens is 441 g/mol. The van der Waals surface area contributed by atoms with Crippen LogP contribution >= 0.6 is 0 Å². The average Bonchev–Trinajstić information content (AvgIpc) is 3.35. The van der Waals surface area contributed by atoms with Crippen LogP contribution < -0.4 is 10.6 Å². The van der Waals surface area contributed by atoms with E-state index in [1.165, 1.54) is 23.3 Å². The predicted octanol–water partition coefficient (Wildman–Crippen LogP) is 4.27. The zero-order valence-electron chi connectivity index (χ0n) is 17.8. The number of ether oxygens (including phenoxy) is 1. The molecule has 3 atom stereocenters. The molecule has 0 bridgehead atoms. The Bertz CT molecular complexity index is 1050. The van der Waals surface area contributed by atoms with E-state index < -0.39 is 35.5 Å². The molecule has 0 radical (unpaired) electrons. The molecule has 3 aliphatic heterocycles. The summed E-state index contributed by atoms with van der Waals surface area (Å²) in [5, 5.41) is 0. The molecule has 1 saturated heterocycles. The summed E-state index contributed by atoms with van der Waals surface area (Å²) >= 11 is 0. The Morgan fingerprint density at radius 1 is 0.909 bits per heavy atom. The topological polar surface area (TPSA) is 41.7 Å². The Morgan fingerprint density at radius 3 is 2.18 bits per heavy atom. The Morgan fingerprint density at radius 2 is 1.58 bits per heavy atom. The van der Waals surface area contributed by atoms with Crippen LogP contribution in [0.2, 0.25) is 0 Å². The fraction of sp³-hybridized carbons (Fsp3) is 0.417. The molecular formula is C24H24F5N3O. The summed E-state index contributed by atoms with van der Waals surface area (Å²) in [5.41, 5.74) is 9.10. The van der Waals surface area contributed by atoms with Crippen LogP contribution in [0, 0.1) is 11.6 Å². The van der Waals surface area contributed by atoms with Crippen molar-refractivity contribution in [2.75, 3.05) is 37.7 Å². The molecule has 0 saturated carbocycles. The number of nitrogens with zero attached hydrogens (tertiary/aromatic N) is 2. The van der Waals surface area contributed by atoms with Gasteiger partial charge in [-0.1, -0.05) is 0 Å². The van der Waals surface area contributed by atoms with Gasteiger partial charge in [-0.25, -0.2) is 8.78 Å². The summed E-state index contributed by atoms with van der Waals surface area (Å²) < 4.78 is 72.1. The first-order valence-electron chi connectivity index (χ1n) is 10.9. The number of anilines is 1. The molecule has 2 unspecified atom stereocenters. The largest absolute Gasteiger partial charge is 0.416 e. The van der Waals surface area contributed by atoms with Crippen LogP contribution in [0.1, 0.15) is 23.7 Å². The van der Waals surface area contributed by atoms with Gasteiger partial charge in [-0.3, -0.25) is 4.90 Å². The van der Waals surface area contributed by atoms with Crippen molar-refractivity contribution in [3.63, 3.8) is 0 Å². The van der Waals surface area contributed by atoms with Crippen molar-refractivity contribution in [2.24, 2.45) is 5.73 Å². The second-order valence-electron chi connectivity index (χ2n) is 8.99. The molecule has 33 heavy (non-hydrogen) atoms. The first-order valence-corrected chi connectivity index (χ1v) is 10.9. The zero-order valence-corrected chi connectivity index (χ0v) is 17.8. The standard InChI is InChI=1S/C24H24F5N3O/c25-17-3-6-21(26)20(7-17)23-22(30)8-19(13-33-23)32-11-14-9-31(10-15(14)12-32)18-4-1-16(2-5-18)24(27,28)29/h1-7,19,22-23H,8-13,30H2/t19?,22?,23-/m1/s1. The van der Waals surface area contributed by atoms with E-state index in [-0.39, 0.29) is 11.6 Å². The smallest absolute Gasteiger partial charge is 0.370 e. The Kier molecular flexibility index (Phi) is 5.66. The number of hydrogen-bond donors (Lipinski definition) is 1. The monoisotopic (exact) mass is 465 g/mol. The third kappa shape index (κ3) is 4.37. The van der Waals surface area contributed by atoms with E-state index in [0.717, 1.165) is 49.1 Å². The highest BCUT2D eigenvalue weighted by molar-refractivity contribution is 5.55.